The van der Waals surface area contributed by atoms with Crippen LogP contribution >= 0.6 is 0 Å². The molecule has 4 aromatic rings. The predicted molar refractivity (Wildman–Crippen MR) is 99.2 cm³/mol. The Labute approximate surface area is 146 Å². The zero-order valence-electron chi connectivity index (χ0n) is 13.3. The molecular weight excluding hydrogens is 332 g/mol. The van der Waals surface area contributed by atoms with E-state index in [0.29, 0.717) is 21.9 Å². The maximum Gasteiger partial charge on any atom is 0.354 e. The lowest BCUT2D eigenvalue weighted by Crippen LogP contribution is -1.99. The first-order valence-corrected chi connectivity index (χ1v) is 7.99. The van der Waals surface area contributed by atoms with E-state index in [2.05, 4.69) is 0 Å². The summed E-state index contributed by atoms with van der Waals surface area (Å²) in [6.45, 7) is 0. The predicted octanol–water partition coefficient (Wildman–Crippen LogP) is 5.46. The van der Waals surface area contributed by atoms with Gasteiger partial charge in [0.05, 0.1) is 15.4 Å². The number of nitrogens with zero attached hydrogens (tertiary/aromatic N) is 2. The van der Waals surface area contributed by atoms with Crippen molar-refractivity contribution in [3.05, 3.63) is 80.9 Å². The molecule has 0 saturated carbocycles. The van der Waals surface area contributed by atoms with Gasteiger partial charge in [0.25, 0.3) is 0 Å². The molecule has 4 aromatic carbocycles. The number of nitro groups is 2. The molecule has 0 N–H and O–H groups in total. The highest BCUT2D eigenvalue weighted by atomic mass is 16.6. The summed E-state index contributed by atoms with van der Waals surface area (Å²) in [6.07, 6.45) is 0. The van der Waals surface area contributed by atoms with Gasteiger partial charge in [0.2, 0.25) is 0 Å². The first kappa shape index (κ1) is 14.5. The minimum Gasteiger partial charge on any atom is -0.258 e. The summed E-state index contributed by atoms with van der Waals surface area (Å²) in [6, 6.07) is 18.3. The van der Waals surface area contributed by atoms with Gasteiger partial charge < -0.3 is 0 Å². The Kier molecular flexibility index (Phi) is 2.72. The zero-order valence-corrected chi connectivity index (χ0v) is 13.3. The highest BCUT2D eigenvalue weighted by Gasteiger charge is 2.37. The van der Waals surface area contributed by atoms with E-state index in [9.17, 15) is 20.2 Å². The van der Waals surface area contributed by atoms with E-state index < -0.39 is 21.2 Å². The molecule has 0 fully saturated rings. The van der Waals surface area contributed by atoms with Crippen molar-refractivity contribution in [2.45, 2.75) is 0 Å². The minimum atomic E-state index is -0.677. The Morgan fingerprint density at radius 3 is 2.23 bits per heavy atom. The van der Waals surface area contributed by atoms with Gasteiger partial charge in [-0.25, -0.2) is 0 Å². The van der Waals surface area contributed by atoms with Crippen LogP contribution in [0, 0.1) is 20.2 Å². The highest BCUT2D eigenvalue weighted by molar-refractivity contribution is 6.24. The molecule has 0 unspecified atom stereocenters. The average Bonchev–Trinajstić information content (AvgIpc) is 2.98. The van der Waals surface area contributed by atoms with Gasteiger partial charge in [-0.3, -0.25) is 20.2 Å². The Balaban J connectivity index is 2.10. The fourth-order valence-electron chi connectivity index (χ4n) is 3.99. The molecule has 0 radical (unpaired) electrons. The van der Waals surface area contributed by atoms with Crippen LogP contribution in [0.25, 0.3) is 43.8 Å². The van der Waals surface area contributed by atoms with Crippen LogP contribution in [-0.2, 0) is 0 Å². The molecule has 0 bridgehead atoms. The van der Waals surface area contributed by atoms with E-state index >= 15 is 0 Å². The summed E-state index contributed by atoms with van der Waals surface area (Å²) in [4.78, 5) is 22.0. The van der Waals surface area contributed by atoms with Gasteiger partial charge in [0, 0.05) is 17.0 Å². The van der Waals surface area contributed by atoms with Crippen molar-refractivity contribution in [2.75, 3.05) is 0 Å². The molecule has 1 aliphatic carbocycles. The van der Waals surface area contributed by atoms with Crippen LogP contribution in [0.5, 0.6) is 0 Å². The van der Waals surface area contributed by atoms with E-state index in [1.54, 1.807) is 6.07 Å². The molecule has 0 heterocycles. The van der Waals surface area contributed by atoms with Gasteiger partial charge in [-0.15, -0.1) is 0 Å². The summed E-state index contributed by atoms with van der Waals surface area (Å²) >= 11 is 0. The Bertz CT molecular complexity index is 1290. The average molecular weight is 342 g/mol. The summed E-state index contributed by atoms with van der Waals surface area (Å²) < 4.78 is 0. The van der Waals surface area contributed by atoms with Crippen LogP contribution in [0.15, 0.2) is 60.7 Å². The summed E-state index contributed by atoms with van der Waals surface area (Å²) in [5.74, 6) is 0. The Morgan fingerprint density at radius 2 is 1.46 bits per heavy atom. The molecule has 6 nitrogen and oxygen atoms in total. The molecule has 1 aliphatic rings. The number of nitro benzene ring substituents is 2. The summed E-state index contributed by atoms with van der Waals surface area (Å²) in [5.41, 5.74) is 1.87. The third kappa shape index (κ3) is 1.70. The summed E-state index contributed by atoms with van der Waals surface area (Å²) in [7, 11) is 0. The van der Waals surface area contributed by atoms with Gasteiger partial charge in [-0.05, 0) is 27.3 Å². The number of benzene rings is 4. The van der Waals surface area contributed by atoms with Crippen molar-refractivity contribution in [1.29, 1.82) is 0 Å². The van der Waals surface area contributed by atoms with Gasteiger partial charge in [-0.1, -0.05) is 54.6 Å². The lowest BCUT2D eigenvalue weighted by atomic mass is 9.95. The molecule has 0 saturated heterocycles. The summed E-state index contributed by atoms with van der Waals surface area (Å²) in [5, 5.41) is 26.5. The van der Waals surface area contributed by atoms with Crippen LogP contribution < -0.4 is 0 Å². The normalized spacial score (nSPS) is 11.7. The first-order chi connectivity index (χ1) is 12.6. The van der Waals surface area contributed by atoms with Gasteiger partial charge in [0.15, 0.2) is 0 Å². The van der Waals surface area contributed by atoms with Crippen molar-refractivity contribution >= 4 is 32.9 Å². The van der Waals surface area contributed by atoms with Gasteiger partial charge in [-0.2, -0.15) is 0 Å². The van der Waals surface area contributed by atoms with Crippen LogP contribution in [0.3, 0.4) is 0 Å². The van der Waals surface area contributed by atoms with E-state index in [1.807, 2.05) is 48.5 Å². The first-order valence-electron chi connectivity index (χ1n) is 7.99. The van der Waals surface area contributed by atoms with E-state index in [4.69, 9.17) is 0 Å². The smallest absolute Gasteiger partial charge is 0.258 e. The van der Waals surface area contributed by atoms with Gasteiger partial charge in [0.1, 0.15) is 0 Å². The third-order valence-corrected chi connectivity index (χ3v) is 4.97. The van der Waals surface area contributed by atoms with E-state index in [0.717, 1.165) is 21.9 Å². The molecule has 6 heteroatoms. The van der Waals surface area contributed by atoms with Crippen LogP contribution in [0.2, 0.25) is 0 Å². The molecule has 124 valence electrons. The second-order valence-electron chi connectivity index (χ2n) is 6.25. The van der Waals surface area contributed by atoms with Crippen molar-refractivity contribution < 1.29 is 9.85 Å². The molecular formula is C20H10N2O4. The molecule has 26 heavy (non-hydrogen) atoms. The van der Waals surface area contributed by atoms with Gasteiger partial charge >= 0.3 is 11.4 Å². The fraction of sp³-hybridized carbons (Fsp3) is 0. The van der Waals surface area contributed by atoms with Crippen LogP contribution in [-0.4, -0.2) is 9.85 Å². The van der Waals surface area contributed by atoms with Crippen molar-refractivity contribution in [1.82, 2.24) is 0 Å². The molecule has 0 atom stereocenters. The lowest BCUT2D eigenvalue weighted by molar-refractivity contribution is -0.421. The van der Waals surface area contributed by atoms with Crippen molar-refractivity contribution in [3.8, 4) is 22.3 Å². The molecule has 0 amide bonds. The third-order valence-electron chi connectivity index (χ3n) is 4.97. The molecule has 0 aliphatic heterocycles. The standard InChI is InChI=1S/C20H10N2O4/c23-21(24)16-10-12-5-3-7-14-15-9-8-11-4-1-2-6-13(11)18(15)19(17(12)14)20(16)22(25)26/h1-10H. The van der Waals surface area contributed by atoms with E-state index in [-0.39, 0.29) is 0 Å². The second kappa shape index (κ2) is 4.86. The molecule has 5 rings (SSSR count). The maximum absolute atomic E-state index is 11.8. The van der Waals surface area contributed by atoms with Crippen molar-refractivity contribution in [2.24, 2.45) is 0 Å². The quantitative estimate of drug-likeness (QED) is 0.315. The highest BCUT2D eigenvalue weighted by Crippen LogP contribution is 2.55. The Hall–Kier alpha value is -3.80. The lowest BCUT2D eigenvalue weighted by Gasteiger charge is -2.08. The number of rotatable bonds is 2. The second-order valence-corrected chi connectivity index (χ2v) is 6.25. The largest absolute Gasteiger partial charge is 0.354 e. The number of hydrogen-bond acceptors (Lipinski definition) is 4. The zero-order chi connectivity index (χ0) is 18.0. The number of fused-ring (bicyclic) bond motifs is 5. The monoisotopic (exact) mass is 342 g/mol. The van der Waals surface area contributed by atoms with Crippen LogP contribution in [0.1, 0.15) is 0 Å². The maximum atomic E-state index is 11.8. The molecule has 0 aromatic heterocycles. The Morgan fingerprint density at radius 1 is 0.692 bits per heavy atom. The van der Waals surface area contributed by atoms with Crippen LogP contribution in [0.4, 0.5) is 11.4 Å². The minimum absolute atomic E-state index is 0.349. The fourth-order valence-corrected chi connectivity index (χ4v) is 3.99. The van der Waals surface area contributed by atoms with Crippen molar-refractivity contribution in [3.63, 3.8) is 0 Å². The SMILES string of the molecule is O=[N+]([O-])c1cc2cccc3c2c(c1[N+](=O)[O-])-c1c-3ccc2ccccc12. The molecule has 0 spiro atoms. The topological polar surface area (TPSA) is 86.3 Å². The number of hydrogen-bond donors (Lipinski definition) is 0. The van der Waals surface area contributed by atoms with E-state index in [1.165, 1.54) is 6.07 Å².